The van der Waals surface area contributed by atoms with Crippen LogP contribution in [-0.2, 0) is 12.8 Å². The molecule has 7 nitrogen and oxygen atoms in total. The van der Waals surface area contributed by atoms with Crippen LogP contribution in [0.1, 0.15) is 17.5 Å². The van der Waals surface area contributed by atoms with Gasteiger partial charge in [0.1, 0.15) is 22.7 Å². The zero-order valence-electron chi connectivity index (χ0n) is 18.5. The minimum atomic E-state index is -0.425. The maximum atomic E-state index is 14.9. The van der Waals surface area contributed by atoms with Crippen molar-refractivity contribution in [2.75, 3.05) is 38.1 Å². The molecule has 1 saturated heterocycles. The zero-order chi connectivity index (χ0) is 22.5. The minimum Gasteiger partial charge on any atom is -0.369 e. The summed E-state index contributed by atoms with van der Waals surface area (Å²) >= 11 is 0. The summed E-state index contributed by atoms with van der Waals surface area (Å²) in [7, 11) is 2.14. The van der Waals surface area contributed by atoms with Crippen LogP contribution in [0.5, 0.6) is 0 Å². The molecule has 2 aromatic heterocycles. The van der Waals surface area contributed by atoms with Crippen LogP contribution < -0.4 is 10.5 Å². The summed E-state index contributed by atoms with van der Waals surface area (Å²) < 4.78 is 16.1. The predicted molar refractivity (Wildman–Crippen MR) is 127 cm³/mol. The molecule has 6 rings (SSSR count). The molecule has 0 atom stereocenters. The van der Waals surface area contributed by atoms with E-state index in [1.54, 1.807) is 0 Å². The van der Waals surface area contributed by atoms with Crippen molar-refractivity contribution in [1.29, 1.82) is 0 Å². The highest BCUT2D eigenvalue weighted by molar-refractivity contribution is 5.89. The van der Waals surface area contributed by atoms with E-state index in [9.17, 15) is 9.18 Å². The first-order valence-corrected chi connectivity index (χ1v) is 11.4. The number of fused-ring (bicyclic) bond motifs is 2. The second-order valence-electron chi connectivity index (χ2n) is 8.95. The highest BCUT2D eigenvalue weighted by Gasteiger charge is 2.22. The number of aromatic amines is 1. The van der Waals surface area contributed by atoms with E-state index in [1.807, 2.05) is 18.2 Å². The molecular weight excluding hydrogens is 419 g/mol. The van der Waals surface area contributed by atoms with Crippen LogP contribution in [0.3, 0.4) is 0 Å². The normalized spacial score (nSPS) is 16.5. The van der Waals surface area contributed by atoms with Crippen molar-refractivity contribution in [3.8, 4) is 16.9 Å². The average Bonchev–Trinajstić information content (AvgIpc) is 3.46. The first-order valence-electron chi connectivity index (χ1n) is 11.4. The quantitative estimate of drug-likeness (QED) is 0.526. The largest absolute Gasteiger partial charge is 0.369 e. The molecule has 2 aliphatic rings. The lowest BCUT2D eigenvalue weighted by Crippen LogP contribution is -2.44. The molecule has 1 fully saturated rings. The van der Waals surface area contributed by atoms with E-state index in [4.69, 9.17) is 0 Å². The summed E-state index contributed by atoms with van der Waals surface area (Å²) in [5.41, 5.74) is 5.69. The van der Waals surface area contributed by atoms with Gasteiger partial charge in [-0.25, -0.2) is 4.39 Å². The second-order valence-corrected chi connectivity index (χ2v) is 8.95. The number of anilines is 1. The lowest BCUT2D eigenvalue weighted by molar-refractivity contribution is 0.313. The number of nitrogens with one attached hydrogen (secondary N) is 1. The fourth-order valence-electron chi connectivity index (χ4n) is 4.99. The van der Waals surface area contributed by atoms with E-state index >= 15 is 0 Å². The van der Waals surface area contributed by atoms with Gasteiger partial charge >= 0.3 is 0 Å². The third-order valence-electron chi connectivity index (χ3n) is 6.87. The van der Waals surface area contributed by atoms with Gasteiger partial charge in [-0.05, 0) is 55.6 Å². The Morgan fingerprint density at radius 1 is 1.00 bits per heavy atom. The molecular formula is C25H25FN6O. The van der Waals surface area contributed by atoms with Gasteiger partial charge in [0, 0.05) is 43.5 Å². The van der Waals surface area contributed by atoms with Gasteiger partial charge in [0.25, 0.3) is 5.56 Å². The molecule has 2 aromatic carbocycles. The molecule has 8 heteroatoms. The van der Waals surface area contributed by atoms with Gasteiger partial charge in [-0.15, -0.1) is 0 Å². The summed E-state index contributed by atoms with van der Waals surface area (Å²) in [4.78, 5) is 17.6. The highest BCUT2D eigenvalue weighted by Crippen LogP contribution is 2.31. The molecule has 0 spiro atoms. The Kier molecular flexibility index (Phi) is 4.76. The standard InChI is InChI=1S/C25H25FN6O/c1-30-11-13-31(14-12-30)18-8-5-17(6-9-18)23-24-21(27-28-23)15-22(33)32(29-24)25-19-4-2-3-16(19)7-10-20(25)26/h5-10,15,27H,2-4,11-14H2,1H3. The number of likely N-dealkylation sites (N-methyl/N-ethyl adjacent to an activating group) is 1. The first-order chi connectivity index (χ1) is 16.1. The summed E-state index contributed by atoms with van der Waals surface area (Å²) in [6.45, 7) is 4.10. The van der Waals surface area contributed by atoms with Crippen LogP contribution in [-0.4, -0.2) is 58.1 Å². The van der Waals surface area contributed by atoms with Gasteiger partial charge in [0.05, 0.1) is 5.52 Å². The monoisotopic (exact) mass is 444 g/mol. The maximum absolute atomic E-state index is 14.9. The minimum absolute atomic E-state index is 0.273. The third-order valence-corrected chi connectivity index (χ3v) is 6.87. The lowest BCUT2D eigenvalue weighted by Gasteiger charge is -2.34. The molecule has 0 saturated carbocycles. The van der Waals surface area contributed by atoms with Crippen LogP contribution in [0.2, 0.25) is 0 Å². The maximum Gasteiger partial charge on any atom is 0.273 e. The number of hydrogen-bond acceptors (Lipinski definition) is 5. The lowest BCUT2D eigenvalue weighted by atomic mass is 10.1. The van der Waals surface area contributed by atoms with Crippen molar-refractivity contribution in [3.63, 3.8) is 0 Å². The molecule has 168 valence electrons. The SMILES string of the molecule is CN1CCN(c2ccc(-c3n[nH]c4cc(=O)n(-c5c(F)ccc6c5CCC6)nc34)cc2)CC1. The molecule has 0 amide bonds. The van der Waals surface area contributed by atoms with Crippen LogP contribution in [0, 0.1) is 5.82 Å². The van der Waals surface area contributed by atoms with Crippen LogP contribution in [0.4, 0.5) is 10.1 Å². The number of nitrogens with zero attached hydrogens (tertiary/aromatic N) is 5. The Balaban J connectivity index is 1.41. The molecule has 0 radical (unpaired) electrons. The highest BCUT2D eigenvalue weighted by atomic mass is 19.1. The van der Waals surface area contributed by atoms with E-state index in [0.717, 1.165) is 62.1 Å². The van der Waals surface area contributed by atoms with Crippen molar-refractivity contribution >= 4 is 16.7 Å². The number of rotatable bonds is 3. The number of H-pyrrole nitrogens is 1. The molecule has 1 aliphatic carbocycles. The van der Waals surface area contributed by atoms with E-state index in [2.05, 4.69) is 44.3 Å². The van der Waals surface area contributed by atoms with Crippen molar-refractivity contribution in [2.45, 2.75) is 19.3 Å². The van der Waals surface area contributed by atoms with E-state index in [0.29, 0.717) is 16.7 Å². The van der Waals surface area contributed by atoms with Gasteiger partial charge in [0.15, 0.2) is 0 Å². The van der Waals surface area contributed by atoms with Gasteiger partial charge < -0.3 is 9.80 Å². The fraction of sp³-hybridized carbons (Fsp3) is 0.320. The fourth-order valence-corrected chi connectivity index (χ4v) is 4.99. The molecule has 1 aliphatic heterocycles. The summed E-state index contributed by atoms with van der Waals surface area (Å²) in [6.07, 6.45) is 2.61. The van der Waals surface area contributed by atoms with E-state index in [-0.39, 0.29) is 11.2 Å². The Labute approximate surface area is 190 Å². The van der Waals surface area contributed by atoms with Gasteiger partial charge in [0.2, 0.25) is 0 Å². The number of aromatic nitrogens is 4. The number of aryl methyl sites for hydroxylation is 1. The first kappa shape index (κ1) is 20.1. The predicted octanol–water partition coefficient (Wildman–Crippen LogP) is 3.16. The van der Waals surface area contributed by atoms with E-state index < -0.39 is 5.82 Å². The van der Waals surface area contributed by atoms with Crippen molar-refractivity contribution in [2.24, 2.45) is 0 Å². The van der Waals surface area contributed by atoms with Crippen LogP contribution in [0.25, 0.3) is 28.0 Å². The molecule has 1 N–H and O–H groups in total. The van der Waals surface area contributed by atoms with E-state index in [1.165, 1.54) is 22.5 Å². The summed E-state index contributed by atoms with van der Waals surface area (Å²) in [5.74, 6) is -0.425. The van der Waals surface area contributed by atoms with Gasteiger partial charge in [-0.2, -0.15) is 14.9 Å². The van der Waals surface area contributed by atoms with Crippen LogP contribution >= 0.6 is 0 Å². The van der Waals surface area contributed by atoms with Crippen molar-refractivity contribution in [3.05, 3.63) is 69.8 Å². The topological polar surface area (TPSA) is 70.0 Å². The smallest absolute Gasteiger partial charge is 0.273 e. The summed E-state index contributed by atoms with van der Waals surface area (Å²) in [6, 6.07) is 13.0. The number of benzene rings is 2. The molecule has 3 heterocycles. The number of halogens is 1. The second kappa shape index (κ2) is 7.81. The zero-order valence-corrected chi connectivity index (χ0v) is 18.5. The molecule has 4 aromatic rings. The summed E-state index contributed by atoms with van der Waals surface area (Å²) in [5, 5.41) is 11.9. The Morgan fingerprint density at radius 2 is 1.79 bits per heavy atom. The average molecular weight is 445 g/mol. The Morgan fingerprint density at radius 3 is 2.58 bits per heavy atom. The Bertz CT molecular complexity index is 1400. The number of hydrogen-bond donors (Lipinski definition) is 1. The van der Waals surface area contributed by atoms with Crippen molar-refractivity contribution < 1.29 is 4.39 Å². The van der Waals surface area contributed by atoms with Gasteiger partial charge in [-0.3, -0.25) is 9.89 Å². The molecule has 0 unspecified atom stereocenters. The molecule has 0 bridgehead atoms. The van der Waals surface area contributed by atoms with Crippen LogP contribution in [0.15, 0.2) is 47.3 Å². The molecule has 33 heavy (non-hydrogen) atoms. The number of piperazine rings is 1. The van der Waals surface area contributed by atoms with Gasteiger partial charge in [-0.1, -0.05) is 18.2 Å². The van der Waals surface area contributed by atoms with Crippen molar-refractivity contribution in [1.82, 2.24) is 24.9 Å². The third kappa shape index (κ3) is 3.41. The Hall–Kier alpha value is -3.52.